The van der Waals surface area contributed by atoms with Crippen LogP contribution in [0.3, 0.4) is 0 Å². The van der Waals surface area contributed by atoms with Crippen molar-refractivity contribution >= 4 is 35.8 Å². The van der Waals surface area contributed by atoms with Gasteiger partial charge in [0.15, 0.2) is 12.6 Å². The molecule has 1 unspecified atom stereocenters. The van der Waals surface area contributed by atoms with E-state index in [1.54, 1.807) is 6.07 Å². The number of primary amides is 1. The standard InChI is InChI=1S/C19H26N4O3.HI/c1-4-21-19(23-14(3)17-9-8-13(2)26-17)22-11-15-6-5-7-16(10-15)25-12-18(20)24;/h5-10,14H,4,11-12H2,1-3H3,(H2,20,24)(H2,21,22,23);1H. The number of nitrogens with one attached hydrogen (secondary N) is 2. The molecule has 1 heterocycles. The Labute approximate surface area is 176 Å². The average molecular weight is 486 g/mol. The van der Waals surface area contributed by atoms with Crippen molar-refractivity contribution in [1.29, 1.82) is 0 Å². The second-order valence-corrected chi connectivity index (χ2v) is 5.91. The molecule has 0 bridgehead atoms. The van der Waals surface area contributed by atoms with Crippen LogP contribution in [0, 0.1) is 6.92 Å². The SMILES string of the molecule is CCNC(=NCc1cccc(OCC(N)=O)c1)NC(C)c1ccc(C)o1.I. The normalized spacial score (nSPS) is 12.0. The number of ether oxygens (including phenoxy) is 1. The quantitative estimate of drug-likeness (QED) is 0.303. The lowest BCUT2D eigenvalue weighted by Gasteiger charge is -2.16. The summed E-state index contributed by atoms with van der Waals surface area (Å²) in [5.41, 5.74) is 6.06. The van der Waals surface area contributed by atoms with Crippen LogP contribution < -0.4 is 21.1 Å². The number of aryl methyl sites for hydroxylation is 1. The summed E-state index contributed by atoms with van der Waals surface area (Å²) >= 11 is 0. The van der Waals surface area contributed by atoms with Gasteiger partial charge in [0.05, 0.1) is 12.6 Å². The monoisotopic (exact) mass is 486 g/mol. The molecule has 0 aliphatic carbocycles. The first-order chi connectivity index (χ1) is 12.5. The molecule has 1 atom stereocenters. The van der Waals surface area contributed by atoms with Crippen molar-refractivity contribution in [2.75, 3.05) is 13.2 Å². The Hall–Kier alpha value is -2.23. The van der Waals surface area contributed by atoms with Gasteiger partial charge in [0.2, 0.25) is 0 Å². The van der Waals surface area contributed by atoms with Crippen LogP contribution in [0.2, 0.25) is 0 Å². The molecule has 1 aromatic carbocycles. The Morgan fingerprint density at radius 1 is 1.33 bits per heavy atom. The average Bonchev–Trinajstić information content (AvgIpc) is 3.05. The third-order valence-electron chi connectivity index (χ3n) is 3.58. The molecule has 0 spiro atoms. The van der Waals surface area contributed by atoms with Crippen LogP contribution in [-0.4, -0.2) is 25.0 Å². The van der Waals surface area contributed by atoms with Gasteiger partial charge >= 0.3 is 0 Å². The Bertz CT molecular complexity index is 761. The van der Waals surface area contributed by atoms with Crippen LogP contribution in [-0.2, 0) is 11.3 Å². The molecule has 4 N–H and O–H groups in total. The number of aliphatic imine (C=N–C) groups is 1. The molecule has 1 amide bonds. The predicted molar refractivity (Wildman–Crippen MR) is 116 cm³/mol. The maximum Gasteiger partial charge on any atom is 0.255 e. The second kappa shape index (κ2) is 11.5. The number of furan rings is 1. The van der Waals surface area contributed by atoms with E-state index < -0.39 is 5.91 Å². The lowest BCUT2D eigenvalue weighted by Crippen LogP contribution is -2.38. The fraction of sp³-hybridized carbons (Fsp3) is 0.368. The number of hydrogen-bond acceptors (Lipinski definition) is 4. The number of nitrogens with zero attached hydrogens (tertiary/aromatic N) is 1. The van der Waals surface area contributed by atoms with Gasteiger partial charge in [-0.1, -0.05) is 12.1 Å². The molecule has 2 rings (SSSR count). The van der Waals surface area contributed by atoms with Crippen molar-refractivity contribution in [1.82, 2.24) is 10.6 Å². The Morgan fingerprint density at radius 3 is 2.74 bits per heavy atom. The minimum Gasteiger partial charge on any atom is -0.484 e. The molecule has 0 radical (unpaired) electrons. The molecule has 0 saturated heterocycles. The van der Waals surface area contributed by atoms with Gasteiger partial charge in [0, 0.05) is 6.54 Å². The smallest absolute Gasteiger partial charge is 0.255 e. The number of benzene rings is 1. The van der Waals surface area contributed by atoms with E-state index in [2.05, 4.69) is 15.6 Å². The number of halogens is 1. The van der Waals surface area contributed by atoms with Gasteiger partial charge in [-0.15, -0.1) is 24.0 Å². The number of rotatable bonds is 8. The van der Waals surface area contributed by atoms with Gasteiger partial charge in [0.25, 0.3) is 5.91 Å². The summed E-state index contributed by atoms with van der Waals surface area (Å²) in [6, 6.07) is 11.3. The minimum absolute atomic E-state index is 0. The summed E-state index contributed by atoms with van der Waals surface area (Å²) in [5, 5.41) is 6.54. The van der Waals surface area contributed by atoms with Crippen LogP contribution in [0.5, 0.6) is 5.75 Å². The van der Waals surface area contributed by atoms with Crippen molar-refractivity contribution < 1.29 is 13.9 Å². The molecular weight excluding hydrogens is 459 g/mol. The van der Waals surface area contributed by atoms with Crippen LogP contribution in [0.4, 0.5) is 0 Å². The van der Waals surface area contributed by atoms with Gasteiger partial charge in [-0.25, -0.2) is 4.99 Å². The van der Waals surface area contributed by atoms with Gasteiger partial charge in [0.1, 0.15) is 17.3 Å². The maximum atomic E-state index is 10.8. The van der Waals surface area contributed by atoms with Gasteiger partial charge in [-0.2, -0.15) is 0 Å². The molecule has 27 heavy (non-hydrogen) atoms. The summed E-state index contributed by atoms with van der Waals surface area (Å²) in [5.74, 6) is 2.51. The van der Waals surface area contributed by atoms with E-state index in [1.165, 1.54) is 0 Å². The summed E-state index contributed by atoms with van der Waals surface area (Å²) in [6.45, 7) is 7.02. The summed E-state index contributed by atoms with van der Waals surface area (Å²) < 4.78 is 11.0. The van der Waals surface area contributed by atoms with Crippen LogP contribution in [0.25, 0.3) is 0 Å². The number of hydrogen-bond donors (Lipinski definition) is 3. The third-order valence-corrected chi connectivity index (χ3v) is 3.58. The predicted octanol–water partition coefficient (Wildman–Crippen LogP) is 2.89. The molecule has 0 aliphatic rings. The van der Waals surface area contributed by atoms with E-state index in [-0.39, 0.29) is 36.6 Å². The van der Waals surface area contributed by atoms with Crippen molar-refractivity contribution in [3.63, 3.8) is 0 Å². The number of carbonyl (C=O) groups excluding carboxylic acids is 1. The third kappa shape index (κ3) is 7.90. The van der Waals surface area contributed by atoms with Crippen molar-refractivity contribution in [3.05, 3.63) is 53.5 Å². The van der Waals surface area contributed by atoms with E-state index in [0.717, 1.165) is 23.6 Å². The van der Waals surface area contributed by atoms with Gasteiger partial charge in [-0.3, -0.25) is 4.79 Å². The fourth-order valence-corrected chi connectivity index (χ4v) is 2.34. The molecule has 148 valence electrons. The Kier molecular flexibility index (Phi) is 9.70. The first-order valence-electron chi connectivity index (χ1n) is 8.59. The van der Waals surface area contributed by atoms with E-state index in [9.17, 15) is 4.79 Å². The molecule has 0 fully saturated rings. The van der Waals surface area contributed by atoms with Gasteiger partial charge in [-0.05, 0) is 50.6 Å². The van der Waals surface area contributed by atoms with Crippen LogP contribution in [0.15, 0.2) is 45.8 Å². The van der Waals surface area contributed by atoms with Crippen molar-refractivity contribution in [3.8, 4) is 5.75 Å². The molecular formula is C19H27IN4O3. The van der Waals surface area contributed by atoms with Crippen molar-refractivity contribution in [2.24, 2.45) is 10.7 Å². The zero-order valence-corrected chi connectivity index (χ0v) is 18.2. The van der Waals surface area contributed by atoms with Crippen LogP contribution >= 0.6 is 24.0 Å². The Balaban J connectivity index is 0.00000364. The molecule has 0 aliphatic heterocycles. The maximum absolute atomic E-state index is 10.8. The first-order valence-corrected chi connectivity index (χ1v) is 8.59. The first kappa shape index (κ1) is 22.8. The molecule has 8 heteroatoms. The summed E-state index contributed by atoms with van der Waals surface area (Å²) in [6.07, 6.45) is 0. The number of nitrogens with two attached hydrogens (primary N) is 1. The van der Waals surface area contributed by atoms with E-state index in [0.29, 0.717) is 18.3 Å². The molecule has 7 nitrogen and oxygen atoms in total. The zero-order chi connectivity index (χ0) is 18.9. The fourth-order valence-electron chi connectivity index (χ4n) is 2.34. The highest BCUT2D eigenvalue weighted by molar-refractivity contribution is 14.0. The molecule has 1 aromatic heterocycles. The highest BCUT2D eigenvalue weighted by Crippen LogP contribution is 2.16. The number of amides is 1. The van der Waals surface area contributed by atoms with Crippen molar-refractivity contribution in [2.45, 2.75) is 33.4 Å². The highest BCUT2D eigenvalue weighted by Gasteiger charge is 2.11. The number of carbonyl (C=O) groups is 1. The molecule has 0 saturated carbocycles. The largest absolute Gasteiger partial charge is 0.484 e. The second-order valence-electron chi connectivity index (χ2n) is 5.91. The van der Waals surface area contributed by atoms with Crippen LogP contribution in [0.1, 0.15) is 37.0 Å². The van der Waals surface area contributed by atoms with E-state index >= 15 is 0 Å². The molecule has 2 aromatic rings. The number of guanidine groups is 1. The van der Waals surface area contributed by atoms with Gasteiger partial charge < -0.3 is 25.5 Å². The van der Waals surface area contributed by atoms with E-state index in [1.807, 2.05) is 51.1 Å². The lowest BCUT2D eigenvalue weighted by atomic mass is 10.2. The highest BCUT2D eigenvalue weighted by atomic mass is 127. The minimum atomic E-state index is -0.505. The summed E-state index contributed by atoms with van der Waals surface area (Å²) in [4.78, 5) is 15.4. The zero-order valence-electron chi connectivity index (χ0n) is 15.8. The summed E-state index contributed by atoms with van der Waals surface area (Å²) in [7, 11) is 0. The topological polar surface area (TPSA) is 102 Å². The van der Waals surface area contributed by atoms with E-state index in [4.69, 9.17) is 14.9 Å². The Morgan fingerprint density at radius 2 is 2.11 bits per heavy atom. The lowest BCUT2D eigenvalue weighted by molar-refractivity contribution is -0.119.